The van der Waals surface area contributed by atoms with Crippen LogP contribution in [0.2, 0.25) is 0 Å². The number of nitrogens with one attached hydrogen (secondary N) is 1. The Morgan fingerprint density at radius 2 is 1.86 bits per heavy atom. The number of alkyl halides is 3. The number of halogens is 3. The Morgan fingerprint density at radius 1 is 1.24 bits per heavy atom. The number of sulfonamides is 1. The smallest absolute Gasteiger partial charge is 0.268 e. The molecule has 2 aromatic rings. The Morgan fingerprint density at radius 3 is 2.43 bits per heavy atom. The van der Waals surface area contributed by atoms with Gasteiger partial charge in [0.25, 0.3) is 5.91 Å². The van der Waals surface area contributed by atoms with E-state index in [1.807, 2.05) is 0 Å². The first-order valence-corrected chi connectivity index (χ1v) is 7.46. The maximum atomic E-state index is 13.2. The van der Waals surface area contributed by atoms with E-state index in [2.05, 4.69) is 4.98 Å². The van der Waals surface area contributed by atoms with Crippen LogP contribution in [0.3, 0.4) is 0 Å². The molecule has 5 nitrogen and oxygen atoms in total. The van der Waals surface area contributed by atoms with Crippen LogP contribution in [0.25, 0.3) is 10.9 Å². The molecule has 1 amide bonds. The molecular formula is C12H9F3N2O3S. The topological polar surface area (TPSA) is 76.1 Å². The highest BCUT2D eigenvalue weighted by Crippen LogP contribution is 2.36. The second-order valence-electron chi connectivity index (χ2n) is 4.27. The Balaban J connectivity index is 2.72. The van der Waals surface area contributed by atoms with Gasteiger partial charge < -0.3 is 0 Å². The van der Waals surface area contributed by atoms with E-state index in [0.717, 1.165) is 0 Å². The maximum absolute atomic E-state index is 13.2. The molecule has 0 unspecified atom stereocenters. The van der Waals surface area contributed by atoms with Crippen molar-refractivity contribution in [3.8, 4) is 0 Å². The summed E-state index contributed by atoms with van der Waals surface area (Å²) in [5.74, 6) is -1.37. The number of carbonyl (C=O) groups excluding carboxylic acids is 1. The van der Waals surface area contributed by atoms with Gasteiger partial charge in [0, 0.05) is 11.6 Å². The third-order valence-corrected chi connectivity index (χ3v) is 3.14. The van der Waals surface area contributed by atoms with Crippen LogP contribution in [0.1, 0.15) is 15.9 Å². The first-order valence-electron chi connectivity index (χ1n) is 5.56. The number of benzene rings is 1. The van der Waals surface area contributed by atoms with E-state index < -0.39 is 33.2 Å². The van der Waals surface area contributed by atoms with Crippen molar-refractivity contribution in [1.82, 2.24) is 9.71 Å². The van der Waals surface area contributed by atoms with Gasteiger partial charge in [-0.15, -0.1) is 0 Å². The number of rotatable bonds is 2. The zero-order valence-electron chi connectivity index (χ0n) is 10.6. The first-order chi connectivity index (χ1) is 9.59. The van der Waals surface area contributed by atoms with Crippen LogP contribution in [0, 0.1) is 0 Å². The molecule has 1 aromatic heterocycles. The minimum absolute atomic E-state index is 0.0562. The van der Waals surface area contributed by atoms with Crippen molar-refractivity contribution in [2.45, 2.75) is 6.18 Å². The van der Waals surface area contributed by atoms with Crippen molar-refractivity contribution in [3.05, 3.63) is 41.6 Å². The predicted octanol–water partition coefficient (Wildman–Crippen LogP) is 1.94. The van der Waals surface area contributed by atoms with Gasteiger partial charge in [0.05, 0.1) is 22.9 Å². The number of fused-ring (bicyclic) bond motifs is 1. The van der Waals surface area contributed by atoms with Crippen LogP contribution < -0.4 is 4.72 Å². The lowest BCUT2D eigenvalue weighted by molar-refractivity contribution is -0.136. The summed E-state index contributed by atoms with van der Waals surface area (Å²) in [7, 11) is -3.98. The van der Waals surface area contributed by atoms with Gasteiger partial charge in [-0.25, -0.2) is 13.1 Å². The first kappa shape index (κ1) is 15.2. The molecule has 0 atom stereocenters. The minimum Gasteiger partial charge on any atom is -0.268 e. The van der Waals surface area contributed by atoms with Crippen LogP contribution in [0.5, 0.6) is 0 Å². The van der Waals surface area contributed by atoms with Gasteiger partial charge in [0.1, 0.15) is 0 Å². The van der Waals surface area contributed by atoms with Gasteiger partial charge in [0.15, 0.2) is 0 Å². The molecule has 9 heteroatoms. The van der Waals surface area contributed by atoms with Gasteiger partial charge in [-0.1, -0.05) is 18.2 Å². The molecule has 0 fully saturated rings. The van der Waals surface area contributed by atoms with Gasteiger partial charge in [-0.3, -0.25) is 9.78 Å². The highest BCUT2D eigenvalue weighted by atomic mass is 32.2. The highest BCUT2D eigenvalue weighted by molar-refractivity contribution is 7.89. The van der Waals surface area contributed by atoms with E-state index in [1.165, 1.54) is 29.0 Å². The number of hydrogen-bond donors (Lipinski definition) is 1. The van der Waals surface area contributed by atoms with E-state index in [9.17, 15) is 26.4 Å². The molecule has 0 spiro atoms. The fraction of sp³-hybridized carbons (Fsp3) is 0.167. The molecular weight excluding hydrogens is 309 g/mol. The molecule has 0 aliphatic rings. The number of aromatic nitrogens is 1. The summed E-state index contributed by atoms with van der Waals surface area (Å²) >= 11 is 0. The van der Waals surface area contributed by atoms with Crippen molar-refractivity contribution in [3.63, 3.8) is 0 Å². The molecule has 0 saturated heterocycles. The van der Waals surface area contributed by atoms with Crippen molar-refractivity contribution < 1.29 is 26.4 Å². The van der Waals surface area contributed by atoms with E-state index >= 15 is 0 Å². The number of amides is 1. The van der Waals surface area contributed by atoms with E-state index in [0.29, 0.717) is 12.5 Å². The molecule has 1 aromatic carbocycles. The number of nitrogens with zero attached hydrogens (tertiary/aromatic N) is 1. The van der Waals surface area contributed by atoms with E-state index in [1.54, 1.807) is 0 Å². The molecule has 1 heterocycles. The zero-order chi connectivity index (χ0) is 15.8. The lowest BCUT2D eigenvalue weighted by Crippen LogP contribution is -2.31. The molecule has 0 bridgehead atoms. The zero-order valence-corrected chi connectivity index (χ0v) is 11.4. The number of carbonyl (C=O) groups is 1. The van der Waals surface area contributed by atoms with Crippen LogP contribution in [-0.2, 0) is 16.2 Å². The van der Waals surface area contributed by atoms with Crippen molar-refractivity contribution >= 4 is 26.8 Å². The SMILES string of the molecule is CS(=O)(=O)NC(=O)c1cnc2ccccc2c1C(F)(F)F. The Kier molecular flexibility index (Phi) is 3.62. The largest absolute Gasteiger partial charge is 0.417 e. The lowest BCUT2D eigenvalue weighted by Gasteiger charge is -2.14. The van der Waals surface area contributed by atoms with Crippen LogP contribution in [0.4, 0.5) is 13.2 Å². The van der Waals surface area contributed by atoms with Crippen molar-refractivity contribution in [2.75, 3.05) is 6.26 Å². The molecule has 0 aliphatic carbocycles. The summed E-state index contributed by atoms with van der Waals surface area (Å²) in [6.07, 6.45) is -3.44. The fourth-order valence-corrected chi connectivity index (χ4v) is 2.29. The van der Waals surface area contributed by atoms with E-state index in [4.69, 9.17) is 0 Å². The lowest BCUT2D eigenvalue weighted by atomic mass is 10.0. The molecule has 0 aliphatic heterocycles. The molecule has 0 radical (unpaired) electrons. The third kappa shape index (κ3) is 3.30. The monoisotopic (exact) mass is 318 g/mol. The summed E-state index contributed by atoms with van der Waals surface area (Å²) in [5.41, 5.74) is -2.00. The summed E-state index contributed by atoms with van der Waals surface area (Å²) in [6.45, 7) is 0. The molecule has 0 saturated carbocycles. The average Bonchev–Trinajstić information content (AvgIpc) is 2.34. The predicted molar refractivity (Wildman–Crippen MR) is 69.1 cm³/mol. The summed E-state index contributed by atoms with van der Waals surface area (Å²) in [5, 5.41) is -0.272. The number of pyridine rings is 1. The quantitative estimate of drug-likeness (QED) is 0.918. The number of para-hydroxylation sites is 1. The Bertz CT molecular complexity index is 816. The average molecular weight is 318 g/mol. The standard InChI is InChI=1S/C12H9F3N2O3S/c1-21(19,20)17-11(18)8-6-16-9-5-3-2-4-7(9)10(8)12(13,14)15/h2-6H,1H3,(H,17,18). The van der Waals surface area contributed by atoms with Crippen molar-refractivity contribution in [2.24, 2.45) is 0 Å². The molecule has 2 rings (SSSR count). The van der Waals surface area contributed by atoms with Crippen LogP contribution in [0.15, 0.2) is 30.5 Å². The van der Waals surface area contributed by atoms with Crippen LogP contribution >= 0.6 is 0 Å². The van der Waals surface area contributed by atoms with Crippen molar-refractivity contribution in [1.29, 1.82) is 0 Å². The van der Waals surface area contributed by atoms with Gasteiger partial charge >= 0.3 is 6.18 Å². The number of hydrogen-bond acceptors (Lipinski definition) is 4. The maximum Gasteiger partial charge on any atom is 0.417 e. The second kappa shape index (κ2) is 4.99. The van der Waals surface area contributed by atoms with Crippen LogP contribution in [-0.4, -0.2) is 25.6 Å². The van der Waals surface area contributed by atoms with Gasteiger partial charge in [-0.2, -0.15) is 13.2 Å². The molecule has 21 heavy (non-hydrogen) atoms. The summed E-state index contributed by atoms with van der Waals surface area (Å²) in [6, 6.07) is 5.41. The third-order valence-electron chi connectivity index (χ3n) is 2.58. The molecule has 112 valence electrons. The van der Waals surface area contributed by atoms with Gasteiger partial charge in [-0.05, 0) is 6.07 Å². The highest BCUT2D eigenvalue weighted by Gasteiger charge is 2.38. The Labute approximate surface area is 117 Å². The summed E-state index contributed by atoms with van der Waals surface area (Å²) < 4.78 is 63.2. The normalized spacial score (nSPS) is 12.4. The molecule has 1 N–H and O–H groups in total. The fourth-order valence-electron chi connectivity index (χ4n) is 1.84. The summed E-state index contributed by atoms with van der Waals surface area (Å²) in [4.78, 5) is 15.5. The van der Waals surface area contributed by atoms with E-state index in [-0.39, 0.29) is 10.9 Å². The minimum atomic E-state index is -4.83. The Hall–Kier alpha value is -2.16. The second-order valence-corrected chi connectivity index (χ2v) is 6.01. The van der Waals surface area contributed by atoms with Gasteiger partial charge in [0.2, 0.25) is 10.0 Å².